The highest BCUT2D eigenvalue weighted by Crippen LogP contribution is 2.25. The van der Waals surface area contributed by atoms with Gasteiger partial charge in [-0.25, -0.2) is 0 Å². The molecule has 1 aliphatic rings. The third kappa shape index (κ3) is 3.02. The van der Waals surface area contributed by atoms with Crippen LogP contribution >= 0.6 is 0 Å². The van der Waals surface area contributed by atoms with E-state index < -0.39 is 0 Å². The molecular weight excluding hydrogens is 212 g/mol. The fourth-order valence-electron chi connectivity index (χ4n) is 2.14. The molecule has 0 N–H and O–H groups in total. The molecule has 1 aliphatic heterocycles. The molecule has 4 nitrogen and oxygen atoms in total. The van der Waals surface area contributed by atoms with Crippen molar-refractivity contribution in [3.63, 3.8) is 0 Å². The van der Waals surface area contributed by atoms with Crippen LogP contribution in [0.3, 0.4) is 0 Å². The minimum Gasteiger partial charge on any atom is -0.371 e. The molecule has 88 valence electrons. The number of hydrogen-bond acceptors (Lipinski definition) is 2. The fraction of sp³-hybridized carbons (Fsp3) is 0.385. The molecule has 0 aromatic heterocycles. The number of nitrogens with zero attached hydrogens (tertiary/aromatic N) is 4. The molecule has 1 aromatic rings. The van der Waals surface area contributed by atoms with E-state index in [0.29, 0.717) is 6.54 Å². The van der Waals surface area contributed by atoms with Crippen molar-refractivity contribution in [2.24, 2.45) is 5.11 Å². The minimum absolute atomic E-state index is 0.408. The van der Waals surface area contributed by atoms with Gasteiger partial charge in [0, 0.05) is 30.2 Å². The van der Waals surface area contributed by atoms with Crippen molar-refractivity contribution in [3.8, 4) is 0 Å². The lowest BCUT2D eigenvalue weighted by Gasteiger charge is -2.19. The van der Waals surface area contributed by atoms with Crippen LogP contribution in [0.5, 0.6) is 0 Å². The third-order valence-corrected chi connectivity index (χ3v) is 2.93. The molecule has 1 heterocycles. The Morgan fingerprint density at radius 2 is 2.06 bits per heavy atom. The van der Waals surface area contributed by atoms with Gasteiger partial charge in [0.25, 0.3) is 0 Å². The van der Waals surface area contributed by atoms with Crippen molar-refractivity contribution in [1.29, 1.82) is 0 Å². The summed E-state index contributed by atoms with van der Waals surface area (Å²) in [6, 6.07) is 8.35. The molecule has 1 fully saturated rings. The first-order valence-corrected chi connectivity index (χ1v) is 5.93. The zero-order valence-corrected chi connectivity index (χ0v) is 9.79. The Morgan fingerprint density at radius 1 is 1.29 bits per heavy atom. The van der Waals surface area contributed by atoms with Gasteiger partial charge in [0.2, 0.25) is 0 Å². The van der Waals surface area contributed by atoms with Gasteiger partial charge in [-0.3, -0.25) is 0 Å². The molecule has 0 unspecified atom stereocenters. The van der Waals surface area contributed by atoms with Crippen LogP contribution < -0.4 is 4.90 Å². The molecule has 2 rings (SSSR count). The third-order valence-electron chi connectivity index (χ3n) is 2.93. The lowest BCUT2D eigenvalue weighted by atomic mass is 10.1. The van der Waals surface area contributed by atoms with Crippen LogP contribution in [0, 0.1) is 0 Å². The van der Waals surface area contributed by atoms with Crippen molar-refractivity contribution in [2.45, 2.75) is 12.8 Å². The van der Waals surface area contributed by atoms with Crippen LogP contribution in [0.25, 0.3) is 16.5 Å². The van der Waals surface area contributed by atoms with Gasteiger partial charge in [0.15, 0.2) is 0 Å². The van der Waals surface area contributed by atoms with Crippen LogP contribution in [0.15, 0.2) is 35.5 Å². The molecule has 4 heteroatoms. The average Bonchev–Trinajstić information content (AvgIpc) is 2.89. The molecule has 0 aliphatic carbocycles. The Hall–Kier alpha value is -1.93. The van der Waals surface area contributed by atoms with Crippen molar-refractivity contribution >= 4 is 11.8 Å². The maximum absolute atomic E-state index is 8.21. The van der Waals surface area contributed by atoms with Gasteiger partial charge in [-0.1, -0.05) is 35.5 Å². The van der Waals surface area contributed by atoms with Crippen molar-refractivity contribution in [2.75, 3.05) is 24.5 Å². The van der Waals surface area contributed by atoms with E-state index in [0.717, 1.165) is 13.1 Å². The van der Waals surface area contributed by atoms with E-state index in [1.54, 1.807) is 0 Å². The molecule has 0 amide bonds. The lowest BCUT2D eigenvalue weighted by Crippen LogP contribution is -2.18. The van der Waals surface area contributed by atoms with E-state index in [4.69, 9.17) is 5.53 Å². The fourth-order valence-corrected chi connectivity index (χ4v) is 2.14. The summed E-state index contributed by atoms with van der Waals surface area (Å²) in [5, 5.41) is 3.49. The van der Waals surface area contributed by atoms with Crippen LogP contribution in [0.2, 0.25) is 0 Å². The van der Waals surface area contributed by atoms with E-state index in [2.05, 4.69) is 33.1 Å². The number of hydrogen-bond donors (Lipinski definition) is 0. The maximum Gasteiger partial charge on any atom is 0.0443 e. The Morgan fingerprint density at radius 3 is 2.82 bits per heavy atom. The van der Waals surface area contributed by atoms with E-state index in [9.17, 15) is 0 Å². The quantitative estimate of drug-likeness (QED) is 0.441. The molecule has 0 bridgehead atoms. The standard InChI is InChI=1S/C13H16N4/c14-16-15-9-5-7-12-6-1-2-8-13(12)17-10-3-4-11-17/h1-2,5-8H,3-4,9-11H2. The van der Waals surface area contributed by atoms with E-state index >= 15 is 0 Å². The Balaban J connectivity index is 2.15. The van der Waals surface area contributed by atoms with Crippen molar-refractivity contribution in [3.05, 3.63) is 46.3 Å². The molecule has 0 atom stereocenters. The largest absolute Gasteiger partial charge is 0.371 e. The van der Waals surface area contributed by atoms with Gasteiger partial charge < -0.3 is 4.90 Å². The second-order valence-electron chi connectivity index (χ2n) is 4.07. The summed E-state index contributed by atoms with van der Waals surface area (Å²) in [4.78, 5) is 5.14. The molecule has 0 spiro atoms. The topological polar surface area (TPSA) is 52.0 Å². The van der Waals surface area contributed by atoms with Crippen LogP contribution in [-0.2, 0) is 0 Å². The Kier molecular flexibility index (Phi) is 4.05. The first-order chi connectivity index (χ1) is 8.42. The van der Waals surface area contributed by atoms with E-state index in [1.807, 2.05) is 18.2 Å². The molecular formula is C13H16N4. The van der Waals surface area contributed by atoms with Gasteiger partial charge in [-0.15, -0.1) is 0 Å². The highest BCUT2D eigenvalue weighted by atomic mass is 15.1. The zero-order valence-electron chi connectivity index (χ0n) is 9.79. The smallest absolute Gasteiger partial charge is 0.0443 e. The van der Waals surface area contributed by atoms with Gasteiger partial charge in [-0.2, -0.15) is 0 Å². The normalized spacial score (nSPS) is 15.2. The predicted octanol–water partition coefficient (Wildman–Crippen LogP) is 3.61. The molecule has 1 aromatic carbocycles. The van der Waals surface area contributed by atoms with Crippen LogP contribution in [0.4, 0.5) is 5.69 Å². The molecule has 1 saturated heterocycles. The van der Waals surface area contributed by atoms with Gasteiger partial charge in [-0.05, 0) is 30.0 Å². The summed E-state index contributed by atoms with van der Waals surface area (Å²) in [6.07, 6.45) is 6.48. The zero-order chi connectivity index (χ0) is 11.9. The van der Waals surface area contributed by atoms with Crippen molar-refractivity contribution < 1.29 is 0 Å². The van der Waals surface area contributed by atoms with E-state index in [-0.39, 0.29) is 0 Å². The van der Waals surface area contributed by atoms with Gasteiger partial charge in [0.05, 0.1) is 0 Å². The summed E-state index contributed by atoms with van der Waals surface area (Å²) >= 11 is 0. The number of benzene rings is 1. The summed E-state index contributed by atoms with van der Waals surface area (Å²) in [6.45, 7) is 2.69. The van der Waals surface area contributed by atoms with Crippen LogP contribution in [-0.4, -0.2) is 19.6 Å². The SMILES string of the molecule is [N-]=[N+]=NCC=Cc1ccccc1N1CCCC1. The lowest BCUT2D eigenvalue weighted by molar-refractivity contribution is 0.949. The summed E-state index contributed by atoms with van der Waals surface area (Å²) in [7, 11) is 0. The maximum atomic E-state index is 8.21. The number of para-hydroxylation sites is 1. The monoisotopic (exact) mass is 228 g/mol. The van der Waals surface area contributed by atoms with E-state index in [1.165, 1.54) is 24.1 Å². The average molecular weight is 228 g/mol. The van der Waals surface area contributed by atoms with Crippen LogP contribution in [0.1, 0.15) is 18.4 Å². The molecule has 0 radical (unpaired) electrons. The second-order valence-corrected chi connectivity index (χ2v) is 4.07. The first-order valence-electron chi connectivity index (χ1n) is 5.93. The number of azide groups is 1. The van der Waals surface area contributed by atoms with Gasteiger partial charge >= 0.3 is 0 Å². The van der Waals surface area contributed by atoms with Gasteiger partial charge in [0.1, 0.15) is 0 Å². The molecule has 0 saturated carbocycles. The summed E-state index contributed by atoms with van der Waals surface area (Å²) in [5.41, 5.74) is 10.7. The number of anilines is 1. The second kappa shape index (κ2) is 5.97. The minimum atomic E-state index is 0.408. The summed E-state index contributed by atoms with van der Waals surface area (Å²) in [5.74, 6) is 0. The first kappa shape index (κ1) is 11.6. The Labute approximate surface area is 101 Å². The highest BCUT2D eigenvalue weighted by molar-refractivity contribution is 5.68. The predicted molar refractivity (Wildman–Crippen MR) is 70.9 cm³/mol. The van der Waals surface area contributed by atoms with Crippen molar-refractivity contribution in [1.82, 2.24) is 0 Å². The molecule has 17 heavy (non-hydrogen) atoms. The summed E-state index contributed by atoms with van der Waals surface area (Å²) < 4.78 is 0. The highest BCUT2D eigenvalue weighted by Gasteiger charge is 2.13. The Bertz CT molecular complexity index is 440. The number of rotatable bonds is 4.